The smallest absolute Gasteiger partial charge is 0.243 e. The predicted octanol–water partition coefficient (Wildman–Crippen LogP) is 3.93. The first-order chi connectivity index (χ1) is 14.8. The number of hydrogen-bond donors (Lipinski definition) is 1. The summed E-state index contributed by atoms with van der Waals surface area (Å²) in [6, 6.07) is 13.9. The van der Waals surface area contributed by atoms with E-state index in [-0.39, 0.29) is 12.5 Å². The first kappa shape index (κ1) is 20.5. The Morgan fingerprint density at radius 3 is 2.48 bits per heavy atom. The van der Waals surface area contributed by atoms with E-state index in [1.165, 1.54) is 10.6 Å². The lowest BCUT2D eigenvalue weighted by Crippen LogP contribution is -2.31. The highest BCUT2D eigenvalue weighted by molar-refractivity contribution is 5.95. The summed E-state index contributed by atoms with van der Waals surface area (Å²) in [6.07, 6.45) is 0. The van der Waals surface area contributed by atoms with Crippen LogP contribution in [0.15, 0.2) is 48.5 Å². The van der Waals surface area contributed by atoms with Crippen LogP contribution in [-0.4, -0.2) is 39.3 Å². The third-order valence-electron chi connectivity index (χ3n) is 5.08. The monoisotopic (exact) mass is 418 g/mol. The molecule has 8 heteroatoms. The van der Waals surface area contributed by atoms with Crippen molar-refractivity contribution in [3.05, 3.63) is 71.0 Å². The molecule has 2 aromatic heterocycles. The van der Waals surface area contributed by atoms with Crippen molar-refractivity contribution in [3.63, 3.8) is 0 Å². The lowest BCUT2D eigenvalue weighted by Gasteiger charge is -2.19. The van der Waals surface area contributed by atoms with Crippen LogP contribution in [0.4, 0.5) is 15.9 Å². The van der Waals surface area contributed by atoms with Crippen LogP contribution in [0.2, 0.25) is 0 Å². The van der Waals surface area contributed by atoms with Gasteiger partial charge in [0.2, 0.25) is 5.91 Å². The van der Waals surface area contributed by atoms with Crippen molar-refractivity contribution in [1.29, 1.82) is 0 Å². The summed E-state index contributed by atoms with van der Waals surface area (Å²) in [7, 11) is 1.77. The number of likely N-dealkylation sites (N-methyl/N-ethyl adjacent to an activating group) is 1. The molecular weight excluding hydrogens is 395 g/mol. The molecule has 1 N–H and O–H groups in total. The molecule has 0 saturated carbocycles. The van der Waals surface area contributed by atoms with Crippen molar-refractivity contribution in [2.75, 3.05) is 23.8 Å². The fraction of sp³-hybridized carbons (Fsp3) is 0.217. The van der Waals surface area contributed by atoms with Crippen LogP contribution >= 0.6 is 0 Å². The van der Waals surface area contributed by atoms with E-state index in [0.717, 1.165) is 22.4 Å². The molecule has 158 valence electrons. The van der Waals surface area contributed by atoms with Gasteiger partial charge in [-0.05, 0) is 56.2 Å². The highest BCUT2D eigenvalue weighted by Crippen LogP contribution is 2.23. The maximum absolute atomic E-state index is 14.2. The normalized spacial score (nSPS) is 11.0. The molecule has 0 aliphatic rings. The van der Waals surface area contributed by atoms with Crippen LogP contribution in [0.5, 0.6) is 0 Å². The lowest BCUT2D eigenvalue weighted by molar-refractivity contribution is -0.114. The van der Waals surface area contributed by atoms with E-state index in [9.17, 15) is 9.18 Å². The molecule has 2 heterocycles. The molecule has 0 spiro atoms. The van der Waals surface area contributed by atoms with E-state index < -0.39 is 5.82 Å². The molecule has 0 bridgehead atoms. The summed E-state index contributed by atoms with van der Waals surface area (Å²) in [5, 5.41) is 15.7. The molecule has 0 atom stereocenters. The second-order valence-corrected chi connectivity index (χ2v) is 7.64. The molecule has 2 aromatic carbocycles. The highest BCUT2D eigenvalue weighted by atomic mass is 19.1. The topological polar surface area (TPSA) is 75.4 Å². The van der Waals surface area contributed by atoms with Crippen molar-refractivity contribution >= 4 is 23.1 Å². The van der Waals surface area contributed by atoms with Gasteiger partial charge in [0.05, 0.1) is 12.1 Å². The second-order valence-electron chi connectivity index (χ2n) is 7.64. The van der Waals surface area contributed by atoms with Crippen LogP contribution in [0.1, 0.15) is 16.7 Å². The molecule has 0 fully saturated rings. The van der Waals surface area contributed by atoms with Crippen LogP contribution in [0.3, 0.4) is 0 Å². The van der Waals surface area contributed by atoms with Gasteiger partial charge >= 0.3 is 0 Å². The van der Waals surface area contributed by atoms with Crippen molar-refractivity contribution in [3.8, 4) is 11.4 Å². The first-order valence-corrected chi connectivity index (χ1v) is 9.89. The van der Waals surface area contributed by atoms with Gasteiger partial charge in [-0.1, -0.05) is 29.8 Å². The van der Waals surface area contributed by atoms with E-state index >= 15 is 0 Å². The number of nitrogens with zero attached hydrogens (tertiary/aromatic N) is 5. The van der Waals surface area contributed by atoms with Gasteiger partial charge in [-0.2, -0.15) is 4.52 Å². The van der Waals surface area contributed by atoms with Gasteiger partial charge in [0.25, 0.3) is 0 Å². The standard InChI is InChI=1S/C23H23FN6O/c1-14-11-15(2)22(16(3)12-14)25-21(31)13-29(4)20-10-9-19-26-27-23(30(19)28-20)17-7-5-6-8-18(17)24/h5-12H,13H2,1-4H3,(H,25,31). The van der Waals surface area contributed by atoms with Crippen LogP contribution in [0.25, 0.3) is 17.0 Å². The molecule has 0 radical (unpaired) electrons. The van der Waals surface area contributed by atoms with Gasteiger partial charge < -0.3 is 10.2 Å². The Labute approximate surface area is 179 Å². The second kappa shape index (κ2) is 8.14. The Morgan fingerprint density at radius 1 is 1.06 bits per heavy atom. The van der Waals surface area contributed by atoms with E-state index in [4.69, 9.17) is 0 Å². The van der Waals surface area contributed by atoms with Gasteiger partial charge in [0.15, 0.2) is 11.5 Å². The zero-order chi connectivity index (χ0) is 22.1. The van der Waals surface area contributed by atoms with Gasteiger partial charge in [-0.25, -0.2) is 4.39 Å². The fourth-order valence-electron chi connectivity index (χ4n) is 3.65. The van der Waals surface area contributed by atoms with Gasteiger partial charge in [0, 0.05) is 12.7 Å². The molecule has 1 amide bonds. The molecule has 0 aliphatic carbocycles. The number of aryl methyl sites for hydroxylation is 3. The number of anilines is 2. The number of carbonyl (C=O) groups is 1. The third-order valence-corrected chi connectivity index (χ3v) is 5.08. The summed E-state index contributed by atoms with van der Waals surface area (Å²) in [6.45, 7) is 6.08. The van der Waals surface area contributed by atoms with E-state index in [1.54, 1.807) is 42.3 Å². The molecule has 7 nitrogen and oxygen atoms in total. The zero-order valence-corrected chi connectivity index (χ0v) is 17.8. The Morgan fingerprint density at radius 2 is 1.77 bits per heavy atom. The summed E-state index contributed by atoms with van der Waals surface area (Å²) in [4.78, 5) is 14.4. The molecule has 4 rings (SSSR count). The summed E-state index contributed by atoms with van der Waals surface area (Å²) in [5.74, 6) is 0.286. The highest BCUT2D eigenvalue weighted by Gasteiger charge is 2.16. The molecule has 0 aliphatic heterocycles. The number of benzene rings is 2. The minimum Gasteiger partial charge on any atom is -0.349 e. The number of carbonyl (C=O) groups excluding carboxylic acids is 1. The minimum absolute atomic E-state index is 0.0996. The number of hydrogen-bond acceptors (Lipinski definition) is 5. The van der Waals surface area contributed by atoms with Gasteiger partial charge in [-0.3, -0.25) is 4.79 Å². The summed E-state index contributed by atoms with van der Waals surface area (Å²) < 4.78 is 15.7. The first-order valence-electron chi connectivity index (χ1n) is 9.89. The minimum atomic E-state index is -0.402. The van der Waals surface area contributed by atoms with Crippen molar-refractivity contribution in [2.24, 2.45) is 0 Å². The number of nitrogens with one attached hydrogen (secondary N) is 1. The molecule has 4 aromatic rings. The number of fused-ring (bicyclic) bond motifs is 1. The Balaban J connectivity index is 1.57. The Bertz CT molecular complexity index is 1260. The molecule has 0 saturated heterocycles. The van der Waals surface area contributed by atoms with E-state index in [0.29, 0.717) is 22.9 Å². The third kappa shape index (κ3) is 4.09. The van der Waals surface area contributed by atoms with Crippen LogP contribution in [-0.2, 0) is 4.79 Å². The van der Waals surface area contributed by atoms with Crippen molar-refractivity contribution in [1.82, 2.24) is 19.8 Å². The van der Waals surface area contributed by atoms with E-state index in [1.807, 2.05) is 32.9 Å². The molecule has 0 unspecified atom stereocenters. The van der Waals surface area contributed by atoms with Crippen molar-refractivity contribution < 1.29 is 9.18 Å². The van der Waals surface area contributed by atoms with Gasteiger partial charge in [0.1, 0.15) is 11.6 Å². The summed E-state index contributed by atoms with van der Waals surface area (Å²) in [5.41, 5.74) is 4.82. The van der Waals surface area contributed by atoms with Crippen LogP contribution in [0, 0.1) is 26.6 Å². The van der Waals surface area contributed by atoms with E-state index in [2.05, 4.69) is 20.6 Å². The lowest BCUT2D eigenvalue weighted by atomic mass is 10.1. The number of rotatable bonds is 5. The number of aromatic nitrogens is 4. The average molecular weight is 418 g/mol. The SMILES string of the molecule is Cc1cc(C)c(NC(=O)CN(C)c2ccc3nnc(-c4ccccc4F)n3n2)c(C)c1. The zero-order valence-electron chi connectivity index (χ0n) is 17.8. The quantitative estimate of drug-likeness (QED) is 0.532. The van der Waals surface area contributed by atoms with Crippen LogP contribution < -0.4 is 10.2 Å². The largest absolute Gasteiger partial charge is 0.349 e. The predicted molar refractivity (Wildman–Crippen MR) is 119 cm³/mol. The maximum Gasteiger partial charge on any atom is 0.243 e. The van der Waals surface area contributed by atoms with Crippen molar-refractivity contribution in [2.45, 2.75) is 20.8 Å². The summed E-state index contributed by atoms with van der Waals surface area (Å²) >= 11 is 0. The maximum atomic E-state index is 14.2. The fourth-order valence-corrected chi connectivity index (χ4v) is 3.65. The Hall–Kier alpha value is -3.81. The molecule has 31 heavy (non-hydrogen) atoms. The Kier molecular flexibility index (Phi) is 5.37. The molecular formula is C23H23FN6O. The number of halogens is 1. The number of amides is 1. The average Bonchev–Trinajstić information content (AvgIpc) is 3.14. The van der Waals surface area contributed by atoms with Gasteiger partial charge in [-0.15, -0.1) is 15.3 Å².